The van der Waals surface area contributed by atoms with Gasteiger partial charge in [-0.2, -0.15) is 0 Å². The molecule has 20 heavy (non-hydrogen) atoms. The van der Waals surface area contributed by atoms with Crippen LogP contribution >= 0.6 is 0 Å². The van der Waals surface area contributed by atoms with E-state index in [1.807, 2.05) is 31.2 Å². The first-order chi connectivity index (χ1) is 9.69. The van der Waals surface area contributed by atoms with Crippen molar-refractivity contribution in [2.45, 2.75) is 26.9 Å². The lowest BCUT2D eigenvalue weighted by Crippen LogP contribution is -2.12. The van der Waals surface area contributed by atoms with E-state index in [4.69, 9.17) is 4.74 Å². The zero-order valence-corrected chi connectivity index (χ0v) is 11.7. The van der Waals surface area contributed by atoms with Crippen LogP contribution in [0.25, 0.3) is 0 Å². The molecule has 2 aromatic rings. The van der Waals surface area contributed by atoms with E-state index in [9.17, 15) is 4.79 Å². The van der Waals surface area contributed by atoms with E-state index < -0.39 is 0 Å². The van der Waals surface area contributed by atoms with Crippen LogP contribution in [0.1, 0.15) is 24.5 Å². The summed E-state index contributed by atoms with van der Waals surface area (Å²) >= 11 is 0. The fourth-order valence-electron chi connectivity index (χ4n) is 1.67. The quantitative estimate of drug-likeness (QED) is 0.906. The molecule has 0 aliphatic carbocycles. The van der Waals surface area contributed by atoms with Gasteiger partial charge in [0.05, 0.1) is 0 Å². The smallest absolute Gasteiger partial charge is 0.225 e. The number of hydrogen-bond donors (Lipinski definition) is 1. The zero-order chi connectivity index (χ0) is 14.4. The van der Waals surface area contributed by atoms with E-state index in [2.05, 4.69) is 10.3 Å². The average Bonchev–Trinajstić information content (AvgIpc) is 2.48. The molecule has 1 aromatic heterocycles. The topological polar surface area (TPSA) is 51.2 Å². The number of nitrogens with zero attached hydrogens (tertiary/aromatic N) is 1. The highest BCUT2D eigenvalue weighted by Gasteiger charge is 2.07. The molecule has 1 heterocycles. The molecule has 2 rings (SSSR count). The second kappa shape index (κ2) is 6.70. The minimum absolute atomic E-state index is 0.0797. The van der Waals surface area contributed by atoms with Crippen LogP contribution in [0.3, 0.4) is 0 Å². The van der Waals surface area contributed by atoms with Crippen LogP contribution in [-0.2, 0) is 11.4 Å². The van der Waals surface area contributed by atoms with Gasteiger partial charge in [-0.15, -0.1) is 0 Å². The Morgan fingerprint density at radius 3 is 2.70 bits per heavy atom. The highest BCUT2D eigenvalue weighted by molar-refractivity contribution is 5.90. The van der Waals surface area contributed by atoms with Crippen molar-refractivity contribution in [3.8, 4) is 5.75 Å². The number of nitrogens with one attached hydrogen (secondary N) is 1. The fraction of sp³-hybridized carbons (Fsp3) is 0.250. The molecule has 0 unspecified atom stereocenters. The number of ether oxygens (including phenoxy) is 1. The van der Waals surface area contributed by atoms with Crippen molar-refractivity contribution in [3.63, 3.8) is 0 Å². The van der Waals surface area contributed by atoms with Gasteiger partial charge >= 0.3 is 0 Å². The first-order valence-corrected chi connectivity index (χ1v) is 6.62. The second-order valence-corrected chi connectivity index (χ2v) is 4.53. The van der Waals surface area contributed by atoms with Crippen molar-refractivity contribution in [3.05, 3.63) is 53.7 Å². The van der Waals surface area contributed by atoms with E-state index in [-0.39, 0.29) is 5.91 Å². The van der Waals surface area contributed by atoms with E-state index in [0.717, 1.165) is 5.56 Å². The summed E-state index contributed by atoms with van der Waals surface area (Å²) in [4.78, 5) is 15.6. The molecule has 0 bridgehead atoms. The predicted octanol–water partition coefficient (Wildman–Crippen LogP) is 3.32. The van der Waals surface area contributed by atoms with Gasteiger partial charge in [-0.05, 0) is 24.6 Å². The molecule has 0 aliphatic heterocycles. The number of aryl methyl sites for hydroxylation is 1. The summed E-state index contributed by atoms with van der Waals surface area (Å²) in [7, 11) is 0. The summed E-state index contributed by atoms with van der Waals surface area (Å²) in [6, 6.07) is 11.7. The van der Waals surface area contributed by atoms with Gasteiger partial charge in [0.1, 0.15) is 6.61 Å². The predicted molar refractivity (Wildman–Crippen MR) is 78.7 cm³/mol. The van der Waals surface area contributed by atoms with Gasteiger partial charge in [-0.3, -0.25) is 4.79 Å². The Morgan fingerprint density at radius 1 is 1.25 bits per heavy atom. The summed E-state index contributed by atoms with van der Waals surface area (Å²) < 4.78 is 5.73. The molecule has 104 valence electrons. The third-order valence-corrected chi connectivity index (χ3v) is 2.86. The van der Waals surface area contributed by atoms with E-state index in [1.165, 1.54) is 5.56 Å². The lowest BCUT2D eigenvalue weighted by Gasteiger charge is -2.11. The van der Waals surface area contributed by atoms with Crippen molar-refractivity contribution in [2.75, 3.05) is 5.32 Å². The third-order valence-electron chi connectivity index (χ3n) is 2.86. The molecule has 1 N–H and O–H groups in total. The summed E-state index contributed by atoms with van der Waals surface area (Å²) in [5.41, 5.74) is 2.29. The molecular formula is C16H18N2O2. The van der Waals surface area contributed by atoms with Crippen LogP contribution in [0, 0.1) is 6.92 Å². The summed E-state index contributed by atoms with van der Waals surface area (Å²) in [6.45, 7) is 4.29. The number of benzene rings is 1. The van der Waals surface area contributed by atoms with Gasteiger partial charge in [-0.1, -0.05) is 36.8 Å². The maximum atomic E-state index is 11.4. The molecule has 0 saturated carbocycles. The zero-order valence-electron chi connectivity index (χ0n) is 11.7. The van der Waals surface area contributed by atoms with Crippen LogP contribution in [0.15, 0.2) is 42.6 Å². The summed E-state index contributed by atoms with van der Waals surface area (Å²) in [6.07, 6.45) is 2.04. The molecule has 0 saturated heterocycles. The Labute approximate surface area is 118 Å². The number of amides is 1. The number of aromatic nitrogens is 1. The highest BCUT2D eigenvalue weighted by Crippen LogP contribution is 2.22. The number of rotatable bonds is 5. The van der Waals surface area contributed by atoms with Crippen LogP contribution in [0.2, 0.25) is 0 Å². The molecule has 0 radical (unpaired) electrons. The second-order valence-electron chi connectivity index (χ2n) is 4.53. The Hall–Kier alpha value is -2.36. The maximum absolute atomic E-state index is 11.4. The first kappa shape index (κ1) is 14.1. The fourth-order valence-corrected chi connectivity index (χ4v) is 1.67. The third kappa shape index (κ3) is 3.82. The lowest BCUT2D eigenvalue weighted by molar-refractivity contribution is -0.115. The molecule has 0 atom stereocenters. The van der Waals surface area contributed by atoms with Gasteiger partial charge in [0.25, 0.3) is 0 Å². The average molecular weight is 270 g/mol. The molecule has 0 aliphatic rings. The van der Waals surface area contributed by atoms with Gasteiger partial charge in [0.15, 0.2) is 11.6 Å². The Kier molecular flexibility index (Phi) is 4.71. The Morgan fingerprint density at radius 2 is 2.00 bits per heavy atom. The van der Waals surface area contributed by atoms with Gasteiger partial charge < -0.3 is 10.1 Å². The number of anilines is 1. The maximum Gasteiger partial charge on any atom is 0.225 e. The number of hydrogen-bond acceptors (Lipinski definition) is 3. The standard InChI is InChI=1S/C16H18N2O2/c1-3-15(19)18-16-14(5-4-10-17-16)20-11-13-8-6-12(2)7-9-13/h4-10H,3,11H2,1-2H3,(H,17,18,19). The van der Waals surface area contributed by atoms with E-state index in [1.54, 1.807) is 25.3 Å². The monoisotopic (exact) mass is 270 g/mol. The SMILES string of the molecule is CCC(=O)Nc1ncccc1OCc1ccc(C)cc1. The van der Waals surface area contributed by atoms with Crippen molar-refractivity contribution in [1.29, 1.82) is 0 Å². The van der Waals surface area contributed by atoms with Crippen LogP contribution in [-0.4, -0.2) is 10.9 Å². The van der Waals surface area contributed by atoms with Crippen LogP contribution < -0.4 is 10.1 Å². The largest absolute Gasteiger partial charge is 0.485 e. The van der Waals surface area contributed by atoms with E-state index >= 15 is 0 Å². The van der Waals surface area contributed by atoms with Crippen LogP contribution in [0.5, 0.6) is 5.75 Å². The molecule has 0 spiro atoms. The minimum atomic E-state index is -0.0797. The molecule has 1 amide bonds. The van der Waals surface area contributed by atoms with Crippen molar-refractivity contribution < 1.29 is 9.53 Å². The van der Waals surface area contributed by atoms with Crippen molar-refractivity contribution in [1.82, 2.24) is 4.98 Å². The van der Waals surface area contributed by atoms with Crippen LogP contribution in [0.4, 0.5) is 5.82 Å². The minimum Gasteiger partial charge on any atom is -0.485 e. The highest BCUT2D eigenvalue weighted by atomic mass is 16.5. The molecule has 0 fully saturated rings. The number of pyridine rings is 1. The Bertz CT molecular complexity index is 579. The van der Waals surface area contributed by atoms with Gasteiger partial charge in [-0.25, -0.2) is 4.98 Å². The number of carbonyl (C=O) groups is 1. The summed E-state index contributed by atoms with van der Waals surface area (Å²) in [5.74, 6) is 0.963. The van der Waals surface area contributed by atoms with Gasteiger partial charge in [0, 0.05) is 12.6 Å². The Balaban J connectivity index is 2.05. The first-order valence-electron chi connectivity index (χ1n) is 6.62. The normalized spacial score (nSPS) is 10.1. The van der Waals surface area contributed by atoms with Crippen molar-refractivity contribution >= 4 is 11.7 Å². The van der Waals surface area contributed by atoms with Crippen molar-refractivity contribution in [2.24, 2.45) is 0 Å². The molecule has 4 heteroatoms. The van der Waals surface area contributed by atoms with E-state index in [0.29, 0.717) is 24.6 Å². The lowest BCUT2D eigenvalue weighted by atomic mass is 10.2. The molecule has 4 nitrogen and oxygen atoms in total. The molecule has 1 aromatic carbocycles. The molecular weight excluding hydrogens is 252 g/mol. The van der Waals surface area contributed by atoms with Gasteiger partial charge in [0.2, 0.25) is 5.91 Å². The number of carbonyl (C=O) groups excluding carboxylic acids is 1. The summed E-state index contributed by atoms with van der Waals surface area (Å²) in [5, 5.41) is 2.73.